The zero-order valence-corrected chi connectivity index (χ0v) is 26.8. The van der Waals surface area contributed by atoms with E-state index in [1.807, 2.05) is 24.3 Å². The summed E-state index contributed by atoms with van der Waals surface area (Å²) in [7, 11) is 0. The van der Waals surface area contributed by atoms with Gasteiger partial charge >= 0.3 is 0 Å². The minimum atomic E-state index is 0.431. The van der Waals surface area contributed by atoms with Crippen molar-refractivity contribution in [3.8, 4) is 0 Å². The average molecular weight is 579 g/mol. The monoisotopic (exact) mass is 578 g/mol. The first-order chi connectivity index (χ1) is 21.6. The molecule has 0 heterocycles. The van der Waals surface area contributed by atoms with Gasteiger partial charge in [-0.3, -0.25) is 0 Å². The second kappa shape index (κ2) is 17.2. The predicted octanol–water partition coefficient (Wildman–Crippen LogP) is 11.7. The molecule has 0 fully saturated rings. The van der Waals surface area contributed by atoms with Gasteiger partial charge in [0.25, 0.3) is 0 Å². The highest BCUT2D eigenvalue weighted by Crippen LogP contribution is 2.40. The molecule has 3 atom stereocenters. The third-order valence-corrected chi connectivity index (χ3v) is 9.06. The van der Waals surface area contributed by atoms with Crippen molar-refractivity contribution in [1.82, 2.24) is 0 Å². The normalized spacial score (nSPS) is 13.0. The van der Waals surface area contributed by atoms with E-state index in [2.05, 4.69) is 130 Å². The van der Waals surface area contributed by atoms with Crippen LogP contribution in [0.4, 0.5) is 0 Å². The van der Waals surface area contributed by atoms with E-state index in [0.29, 0.717) is 17.8 Å². The Labute approximate surface area is 267 Å². The van der Waals surface area contributed by atoms with Gasteiger partial charge in [0.1, 0.15) is 0 Å². The molecule has 4 aromatic rings. The lowest BCUT2D eigenvalue weighted by Gasteiger charge is -2.28. The Morgan fingerprint density at radius 2 is 0.977 bits per heavy atom. The SMILES string of the molecule is C=CCc1ccc(C(CCc2ccccc2CC=C)CC(CC(C)c2ccccc2CC=C)c2ccc(CC=C)cc2)cc1. The molecule has 0 aliphatic heterocycles. The first-order valence-corrected chi connectivity index (χ1v) is 16.3. The second-order valence-electron chi connectivity index (χ2n) is 12.2. The van der Waals surface area contributed by atoms with Crippen molar-refractivity contribution in [2.24, 2.45) is 0 Å². The molecule has 0 N–H and O–H groups in total. The molecule has 0 bridgehead atoms. The summed E-state index contributed by atoms with van der Waals surface area (Å²) >= 11 is 0. The zero-order valence-electron chi connectivity index (χ0n) is 26.8. The van der Waals surface area contributed by atoms with Gasteiger partial charge < -0.3 is 0 Å². The number of hydrogen-bond acceptors (Lipinski definition) is 0. The van der Waals surface area contributed by atoms with Crippen LogP contribution in [-0.4, -0.2) is 0 Å². The van der Waals surface area contributed by atoms with Crippen LogP contribution in [0.5, 0.6) is 0 Å². The molecule has 0 aliphatic carbocycles. The number of allylic oxidation sites excluding steroid dienone is 4. The van der Waals surface area contributed by atoms with Crippen molar-refractivity contribution in [2.75, 3.05) is 0 Å². The van der Waals surface area contributed by atoms with Gasteiger partial charge in [0.2, 0.25) is 0 Å². The largest absolute Gasteiger partial charge is 0.103 e. The first kappa shape index (κ1) is 32.7. The minimum Gasteiger partial charge on any atom is -0.103 e. The molecule has 0 amide bonds. The van der Waals surface area contributed by atoms with Gasteiger partial charge in [-0.15, -0.1) is 26.3 Å². The van der Waals surface area contributed by atoms with E-state index in [9.17, 15) is 0 Å². The number of rotatable bonds is 18. The van der Waals surface area contributed by atoms with Crippen LogP contribution in [-0.2, 0) is 32.1 Å². The Hall–Kier alpha value is -4.16. The highest BCUT2D eigenvalue weighted by atomic mass is 14.3. The van der Waals surface area contributed by atoms with Gasteiger partial charge in [-0.05, 0) is 114 Å². The topological polar surface area (TPSA) is 0 Å². The van der Waals surface area contributed by atoms with Gasteiger partial charge in [0.05, 0.1) is 0 Å². The van der Waals surface area contributed by atoms with Gasteiger partial charge in [-0.25, -0.2) is 0 Å². The van der Waals surface area contributed by atoms with Gasteiger partial charge in [-0.1, -0.05) is 128 Å². The Morgan fingerprint density at radius 3 is 1.55 bits per heavy atom. The standard InChI is InChI=1S/C44H50/c1-6-14-35-22-26-39(27-23-35)42(31-30-38-19-11-10-18-37(38)16-8-3)33-43(40-28-24-36(15-7-2)25-29-40)32-34(5)44-21-13-12-20-41(44)17-9-4/h6-13,18-29,34,42-43H,1-4,14-17,30-33H2,5H3. The number of benzene rings is 4. The molecule has 4 rings (SSSR count). The fraction of sp³-hybridized carbons (Fsp3) is 0.273. The maximum absolute atomic E-state index is 4.02. The maximum atomic E-state index is 4.02. The molecule has 4 aromatic carbocycles. The summed E-state index contributed by atoms with van der Waals surface area (Å²) in [6.45, 7) is 18.3. The van der Waals surface area contributed by atoms with Crippen LogP contribution in [0.2, 0.25) is 0 Å². The van der Waals surface area contributed by atoms with Gasteiger partial charge in [0, 0.05) is 0 Å². The molecule has 0 saturated carbocycles. The second-order valence-corrected chi connectivity index (χ2v) is 12.2. The predicted molar refractivity (Wildman–Crippen MR) is 193 cm³/mol. The first-order valence-electron chi connectivity index (χ1n) is 16.3. The quantitative estimate of drug-likeness (QED) is 0.103. The molecule has 226 valence electrons. The fourth-order valence-electron chi connectivity index (χ4n) is 6.71. The molecular formula is C44H50. The van der Waals surface area contributed by atoms with E-state index < -0.39 is 0 Å². The third kappa shape index (κ3) is 9.17. The average Bonchev–Trinajstić information content (AvgIpc) is 3.05. The molecule has 0 heteroatoms. The molecule has 44 heavy (non-hydrogen) atoms. The third-order valence-electron chi connectivity index (χ3n) is 9.06. The van der Waals surface area contributed by atoms with Crippen LogP contribution in [0.15, 0.2) is 148 Å². The molecular weight excluding hydrogens is 528 g/mol. The molecule has 0 aliphatic rings. The highest BCUT2D eigenvalue weighted by Gasteiger charge is 2.24. The van der Waals surface area contributed by atoms with Crippen molar-refractivity contribution in [3.05, 3.63) is 192 Å². The van der Waals surface area contributed by atoms with Gasteiger partial charge in [0.15, 0.2) is 0 Å². The van der Waals surface area contributed by atoms with Crippen molar-refractivity contribution in [3.63, 3.8) is 0 Å². The zero-order chi connectivity index (χ0) is 31.1. The van der Waals surface area contributed by atoms with Crippen molar-refractivity contribution < 1.29 is 0 Å². The van der Waals surface area contributed by atoms with E-state index in [1.165, 1.54) is 44.5 Å². The molecule has 0 radical (unpaired) electrons. The summed E-state index contributed by atoms with van der Waals surface area (Å²) in [5, 5.41) is 0. The van der Waals surface area contributed by atoms with E-state index in [0.717, 1.165) is 51.4 Å². The van der Waals surface area contributed by atoms with Crippen molar-refractivity contribution in [2.45, 2.75) is 76.0 Å². The van der Waals surface area contributed by atoms with Crippen LogP contribution in [0.1, 0.15) is 88.4 Å². The molecule has 0 spiro atoms. The van der Waals surface area contributed by atoms with E-state index >= 15 is 0 Å². The van der Waals surface area contributed by atoms with Crippen LogP contribution in [0.3, 0.4) is 0 Å². The Bertz CT molecular complexity index is 1480. The van der Waals surface area contributed by atoms with Crippen LogP contribution in [0.25, 0.3) is 0 Å². The van der Waals surface area contributed by atoms with Crippen molar-refractivity contribution in [1.29, 1.82) is 0 Å². The van der Waals surface area contributed by atoms with Crippen LogP contribution < -0.4 is 0 Å². The smallest absolute Gasteiger partial charge is 0.00973 e. The molecule has 0 saturated heterocycles. The molecule has 0 aromatic heterocycles. The van der Waals surface area contributed by atoms with E-state index in [-0.39, 0.29) is 0 Å². The summed E-state index contributed by atoms with van der Waals surface area (Å²) in [6.07, 6.45) is 16.0. The lowest BCUT2D eigenvalue weighted by atomic mass is 9.76. The Morgan fingerprint density at radius 1 is 0.500 bits per heavy atom. The summed E-state index contributed by atoms with van der Waals surface area (Å²) in [5.74, 6) is 1.31. The number of hydrogen-bond donors (Lipinski definition) is 0. The maximum Gasteiger partial charge on any atom is -0.00973 e. The lowest BCUT2D eigenvalue weighted by molar-refractivity contribution is 0.457. The summed E-state index contributed by atoms with van der Waals surface area (Å²) in [5.41, 5.74) is 11.2. The van der Waals surface area contributed by atoms with E-state index in [1.54, 1.807) is 0 Å². The molecule has 0 nitrogen and oxygen atoms in total. The lowest BCUT2D eigenvalue weighted by Crippen LogP contribution is -2.12. The highest BCUT2D eigenvalue weighted by molar-refractivity contribution is 5.35. The van der Waals surface area contributed by atoms with Crippen LogP contribution in [0, 0.1) is 0 Å². The minimum absolute atomic E-state index is 0.431. The Balaban J connectivity index is 1.68. The van der Waals surface area contributed by atoms with Crippen LogP contribution >= 0.6 is 0 Å². The summed E-state index contributed by atoms with van der Waals surface area (Å²) < 4.78 is 0. The van der Waals surface area contributed by atoms with E-state index in [4.69, 9.17) is 0 Å². The summed E-state index contributed by atoms with van der Waals surface area (Å²) in [4.78, 5) is 0. The van der Waals surface area contributed by atoms with Crippen molar-refractivity contribution >= 4 is 0 Å². The Kier molecular flexibility index (Phi) is 12.8. The van der Waals surface area contributed by atoms with Gasteiger partial charge in [-0.2, -0.15) is 0 Å². The fourth-order valence-corrected chi connectivity index (χ4v) is 6.71. The number of aryl methyl sites for hydroxylation is 1. The molecule has 3 unspecified atom stereocenters. The summed E-state index contributed by atoms with van der Waals surface area (Å²) in [6, 6.07) is 36.5.